The van der Waals surface area contributed by atoms with Crippen molar-refractivity contribution in [3.8, 4) is 0 Å². The summed E-state index contributed by atoms with van der Waals surface area (Å²) in [6, 6.07) is 7.79. The summed E-state index contributed by atoms with van der Waals surface area (Å²) >= 11 is 5.82. The van der Waals surface area contributed by atoms with E-state index in [0.717, 1.165) is 17.9 Å². The highest BCUT2D eigenvalue weighted by molar-refractivity contribution is 6.30. The van der Waals surface area contributed by atoms with E-state index in [9.17, 15) is 5.11 Å². The Morgan fingerprint density at radius 2 is 1.83 bits per heavy atom. The zero-order chi connectivity index (χ0) is 13.5. The molecule has 3 atom stereocenters. The molecular formula is C15H24ClNO. The van der Waals surface area contributed by atoms with Crippen LogP contribution in [0.3, 0.4) is 0 Å². The largest absolute Gasteiger partial charge is 0.387 e. The molecule has 1 aromatic carbocycles. The predicted octanol–water partition coefficient (Wildman–Crippen LogP) is 3.79. The number of hydrogen-bond donors (Lipinski definition) is 2. The molecule has 2 nitrogen and oxygen atoms in total. The Balaban J connectivity index is 2.36. The van der Waals surface area contributed by atoms with Crippen LogP contribution in [0.25, 0.3) is 0 Å². The molecule has 0 bridgehead atoms. The molecule has 3 heteroatoms. The van der Waals surface area contributed by atoms with Crippen LogP contribution in [0.4, 0.5) is 0 Å². The average Bonchev–Trinajstić information content (AvgIpc) is 2.36. The highest BCUT2D eigenvalue weighted by Crippen LogP contribution is 2.16. The van der Waals surface area contributed by atoms with E-state index in [1.807, 2.05) is 24.3 Å². The second kappa shape index (κ2) is 7.78. The summed E-state index contributed by atoms with van der Waals surface area (Å²) in [5.41, 5.74) is 0.905. The van der Waals surface area contributed by atoms with Crippen LogP contribution in [0.15, 0.2) is 24.3 Å². The Hall–Kier alpha value is -0.570. The molecule has 0 saturated heterocycles. The van der Waals surface area contributed by atoms with Gasteiger partial charge in [-0.1, -0.05) is 44.0 Å². The van der Waals surface area contributed by atoms with Crippen LogP contribution in [0.5, 0.6) is 0 Å². The Morgan fingerprint density at radius 1 is 1.22 bits per heavy atom. The van der Waals surface area contributed by atoms with Crippen molar-refractivity contribution < 1.29 is 5.11 Å². The molecule has 1 aromatic rings. The van der Waals surface area contributed by atoms with Gasteiger partial charge in [0.05, 0.1) is 6.10 Å². The van der Waals surface area contributed by atoms with Gasteiger partial charge in [0.25, 0.3) is 0 Å². The minimum atomic E-state index is -0.471. The molecule has 0 heterocycles. The molecule has 0 aliphatic heterocycles. The standard InChI is InChI=1S/C15H24ClNO/c1-4-11(2)9-12(3)17-10-15(18)13-5-7-14(16)8-6-13/h5-8,11-12,15,17-18H,4,9-10H2,1-3H3. The van der Waals surface area contributed by atoms with Crippen molar-refractivity contribution in [3.63, 3.8) is 0 Å². The van der Waals surface area contributed by atoms with E-state index in [0.29, 0.717) is 17.6 Å². The van der Waals surface area contributed by atoms with E-state index in [1.54, 1.807) is 0 Å². The van der Waals surface area contributed by atoms with Crippen molar-refractivity contribution in [2.24, 2.45) is 5.92 Å². The smallest absolute Gasteiger partial charge is 0.0914 e. The number of rotatable bonds is 7. The van der Waals surface area contributed by atoms with Gasteiger partial charge in [0, 0.05) is 17.6 Å². The van der Waals surface area contributed by atoms with Gasteiger partial charge >= 0.3 is 0 Å². The van der Waals surface area contributed by atoms with E-state index in [4.69, 9.17) is 11.6 Å². The van der Waals surface area contributed by atoms with E-state index >= 15 is 0 Å². The lowest BCUT2D eigenvalue weighted by Gasteiger charge is -2.20. The molecule has 18 heavy (non-hydrogen) atoms. The maximum atomic E-state index is 10.0. The molecule has 0 fully saturated rings. The van der Waals surface area contributed by atoms with Gasteiger partial charge in [0.15, 0.2) is 0 Å². The van der Waals surface area contributed by atoms with E-state index in [1.165, 1.54) is 6.42 Å². The topological polar surface area (TPSA) is 32.3 Å². The van der Waals surface area contributed by atoms with Gasteiger partial charge in [-0.15, -0.1) is 0 Å². The van der Waals surface area contributed by atoms with E-state index in [2.05, 4.69) is 26.1 Å². The lowest BCUT2D eigenvalue weighted by atomic mass is 10.00. The van der Waals surface area contributed by atoms with E-state index in [-0.39, 0.29) is 0 Å². The SMILES string of the molecule is CCC(C)CC(C)NCC(O)c1ccc(Cl)cc1. The number of aliphatic hydroxyl groups excluding tert-OH is 1. The summed E-state index contributed by atoms with van der Waals surface area (Å²) in [5, 5.41) is 14.1. The Bertz CT molecular complexity index is 339. The van der Waals surface area contributed by atoms with Gasteiger partial charge in [-0.3, -0.25) is 0 Å². The van der Waals surface area contributed by atoms with Gasteiger partial charge in [0.2, 0.25) is 0 Å². The van der Waals surface area contributed by atoms with Crippen molar-refractivity contribution in [1.29, 1.82) is 0 Å². The fraction of sp³-hybridized carbons (Fsp3) is 0.600. The van der Waals surface area contributed by atoms with Gasteiger partial charge in [0.1, 0.15) is 0 Å². The first kappa shape index (κ1) is 15.5. The van der Waals surface area contributed by atoms with Gasteiger partial charge in [-0.25, -0.2) is 0 Å². The molecule has 2 N–H and O–H groups in total. The molecule has 102 valence electrons. The van der Waals surface area contributed by atoms with Crippen molar-refractivity contribution in [2.45, 2.75) is 45.8 Å². The van der Waals surface area contributed by atoms with Crippen LogP contribution in [-0.2, 0) is 0 Å². The van der Waals surface area contributed by atoms with Crippen molar-refractivity contribution in [3.05, 3.63) is 34.9 Å². The third-order valence-electron chi connectivity index (χ3n) is 3.37. The first-order valence-corrected chi connectivity index (χ1v) is 7.07. The lowest BCUT2D eigenvalue weighted by Crippen LogP contribution is -2.31. The Labute approximate surface area is 115 Å². The molecule has 3 unspecified atom stereocenters. The number of benzene rings is 1. The third-order valence-corrected chi connectivity index (χ3v) is 3.62. The normalized spacial score (nSPS) is 16.3. The summed E-state index contributed by atoms with van der Waals surface area (Å²) in [6.45, 7) is 7.22. The van der Waals surface area contributed by atoms with Crippen LogP contribution in [0, 0.1) is 5.92 Å². The maximum absolute atomic E-state index is 10.0. The first-order valence-electron chi connectivity index (χ1n) is 6.69. The summed E-state index contributed by atoms with van der Waals surface area (Å²) in [5.74, 6) is 0.722. The summed E-state index contributed by atoms with van der Waals surface area (Å²) in [7, 11) is 0. The molecule has 0 amide bonds. The maximum Gasteiger partial charge on any atom is 0.0914 e. The Morgan fingerprint density at radius 3 is 2.39 bits per heavy atom. The van der Waals surface area contributed by atoms with Crippen LogP contribution in [0.2, 0.25) is 5.02 Å². The minimum absolute atomic E-state index is 0.432. The zero-order valence-corrected chi connectivity index (χ0v) is 12.2. The van der Waals surface area contributed by atoms with Crippen molar-refractivity contribution >= 4 is 11.6 Å². The minimum Gasteiger partial charge on any atom is -0.387 e. The van der Waals surface area contributed by atoms with Crippen LogP contribution < -0.4 is 5.32 Å². The average molecular weight is 270 g/mol. The predicted molar refractivity (Wildman–Crippen MR) is 77.9 cm³/mol. The number of nitrogens with one attached hydrogen (secondary N) is 1. The molecule has 0 aliphatic rings. The summed E-state index contributed by atoms with van der Waals surface area (Å²) in [4.78, 5) is 0. The second-order valence-corrected chi connectivity index (χ2v) is 5.56. The summed E-state index contributed by atoms with van der Waals surface area (Å²) in [6.07, 6.45) is 1.87. The molecular weight excluding hydrogens is 246 g/mol. The van der Waals surface area contributed by atoms with Gasteiger partial charge in [-0.05, 0) is 37.0 Å². The van der Waals surface area contributed by atoms with E-state index < -0.39 is 6.10 Å². The molecule has 0 aliphatic carbocycles. The van der Waals surface area contributed by atoms with Crippen LogP contribution in [-0.4, -0.2) is 17.7 Å². The highest BCUT2D eigenvalue weighted by Gasteiger charge is 2.11. The van der Waals surface area contributed by atoms with Gasteiger partial charge < -0.3 is 10.4 Å². The fourth-order valence-corrected chi connectivity index (χ4v) is 2.10. The summed E-state index contributed by atoms with van der Waals surface area (Å²) < 4.78 is 0. The number of aliphatic hydroxyl groups is 1. The third kappa shape index (κ3) is 5.38. The van der Waals surface area contributed by atoms with Gasteiger partial charge in [-0.2, -0.15) is 0 Å². The number of halogens is 1. The molecule has 0 aromatic heterocycles. The monoisotopic (exact) mass is 269 g/mol. The number of hydrogen-bond acceptors (Lipinski definition) is 2. The first-order chi connectivity index (χ1) is 8.52. The highest BCUT2D eigenvalue weighted by atomic mass is 35.5. The Kier molecular flexibility index (Phi) is 6.69. The fourth-order valence-electron chi connectivity index (χ4n) is 1.97. The molecule has 0 radical (unpaired) electrons. The quantitative estimate of drug-likeness (QED) is 0.789. The van der Waals surface area contributed by atoms with Crippen molar-refractivity contribution in [2.75, 3.05) is 6.54 Å². The van der Waals surface area contributed by atoms with Crippen LogP contribution >= 0.6 is 11.6 Å². The zero-order valence-electron chi connectivity index (χ0n) is 11.5. The lowest BCUT2D eigenvalue weighted by molar-refractivity contribution is 0.168. The molecule has 1 rings (SSSR count). The second-order valence-electron chi connectivity index (χ2n) is 5.13. The van der Waals surface area contributed by atoms with Crippen molar-refractivity contribution in [1.82, 2.24) is 5.32 Å². The molecule has 0 spiro atoms. The van der Waals surface area contributed by atoms with Crippen LogP contribution in [0.1, 0.15) is 45.3 Å². The molecule has 0 saturated carbocycles.